The molecule has 1 atom stereocenters. The monoisotopic (exact) mass is 203 g/mol. The predicted molar refractivity (Wildman–Crippen MR) is 56.6 cm³/mol. The third kappa shape index (κ3) is 2.39. The quantitative estimate of drug-likeness (QED) is 0.501. The lowest BCUT2D eigenvalue weighted by molar-refractivity contribution is 0.524. The van der Waals surface area contributed by atoms with E-state index in [1.807, 2.05) is 18.2 Å². The summed E-state index contributed by atoms with van der Waals surface area (Å²) in [5.74, 6) is 6.23. The minimum atomic E-state index is -0.0325. The lowest BCUT2D eigenvalue weighted by Gasteiger charge is -2.12. The fourth-order valence-electron chi connectivity index (χ4n) is 1.47. The Morgan fingerprint density at radius 1 is 1.33 bits per heavy atom. The Kier molecular flexibility index (Phi) is 3.06. The minimum absolute atomic E-state index is 0.0325. The highest BCUT2D eigenvalue weighted by Gasteiger charge is 2.12. The summed E-state index contributed by atoms with van der Waals surface area (Å²) in [6.07, 6.45) is 2.26. The van der Waals surface area contributed by atoms with Gasteiger partial charge in [0.2, 0.25) is 0 Å². The molecule has 2 rings (SSSR count). The van der Waals surface area contributed by atoms with Crippen molar-refractivity contribution in [3.05, 3.63) is 48.0 Å². The molecule has 0 bridgehead atoms. The molecule has 4 N–H and O–H groups in total. The maximum Gasteiger partial charge on any atom is 0.143 e. The van der Waals surface area contributed by atoms with Gasteiger partial charge in [-0.2, -0.15) is 5.10 Å². The van der Waals surface area contributed by atoms with Crippen LogP contribution in [0.2, 0.25) is 0 Å². The number of hydrogen-bond donors (Lipinski definition) is 3. The Hall–Kier alpha value is -1.72. The first-order chi connectivity index (χ1) is 7.40. The van der Waals surface area contributed by atoms with E-state index in [2.05, 4.69) is 32.7 Å². The predicted octanol–water partition coefficient (Wildman–Crippen LogP) is 0.552. The highest BCUT2D eigenvalue weighted by molar-refractivity contribution is 5.17. The van der Waals surface area contributed by atoms with Gasteiger partial charge in [0.05, 0.1) is 6.04 Å². The first kappa shape index (κ1) is 9.82. The van der Waals surface area contributed by atoms with E-state index in [0.29, 0.717) is 0 Å². The van der Waals surface area contributed by atoms with Crippen LogP contribution in [0.3, 0.4) is 0 Å². The highest BCUT2D eigenvalue weighted by atomic mass is 15.3. The van der Waals surface area contributed by atoms with Crippen LogP contribution in [0.1, 0.15) is 17.4 Å². The molecule has 0 spiro atoms. The summed E-state index contributed by atoms with van der Waals surface area (Å²) in [7, 11) is 0. The number of nitrogens with zero attached hydrogens (tertiary/aromatic N) is 2. The molecule has 0 saturated heterocycles. The molecule has 0 aliphatic carbocycles. The van der Waals surface area contributed by atoms with Crippen LogP contribution in [0.4, 0.5) is 0 Å². The molecule has 1 aromatic carbocycles. The van der Waals surface area contributed by atoms with Gasteiger partial charge in [-0.1, -0.05) is 30.3 Å². The maximum absolute atomic E-state index is 5.47. The Balaban J connectivity index is 2.10. The van der Waals surface area contributed by atoms with Gasteiger partial charge in [-0.15, -0.1) is 0 Å². The van der Waals surface area contributed by atoms with Crippen molar-refractivity contribution in [1.29, 1.82) is 0 Å². The van der Waals surface area contributed by atoms with E-state index in [0.717, 1.165) is 12.2 Å². The van der Waals surface area contributed by atoms with Gasteiger partial charge in [0, 0.05) is 0 Å². The van der Waals surface area contributed by atoms with Gasteiger partial charge in [-0.3, -0.25) is 10.9 Å². The number of nitrogens with one attached hydrogen (secondary N) is 2. The van der Waals surface area contributed by atoms with Crippen LogP contribution in [-0.4, -0.2) is 15.2 Å². The minimum Gasteiger partial charge on any atom is -0.271 e. The van der Waals surface area contributed by atoms with Gasteiger partial charge in [0.25, 0.3) is 0 Å². The zero-order valence-corrected chi connectivity index (χ0v) is 8.22. The fraction of sp³-hybridized carbons (Fsp3) is 0.200. The molecule has 1 heterocycles. The molecule has 5 heteroatoms. The standard InChI is InChI=1S/C10H13N5/c11-14-9(10-12-7-13-15-10)6-8-4-2-1-3-5-8/h1-5,7,9,14H,6,11H2,(H,12,13,15). The number of aromatic nitrogens is 3. The molecule has 0 radical (unpaired) electrons. The van der Waals surface area contributed by atoms with E-state index in [4.69, 9.17) is 5.84 Å². The molecular weight excluding hydrogens is 190 g/mol. The smallest absolute Gasteiger partial charge is 0.143 e. The average molecular weight is 203 g/mol. The van der Waals surface area contributed by atoms with E-state index in [1.165, 1.54) is 11.9 Å². The average Bonchev–Trinajstić information content (AvgIpc) is 2.81. The molecule has 15 heavy (non-hydrogen) atoms. The Morgan fingerprint density at radius 3 is 2.73 bits per heavy atom. The van der Waals surface area contributed by atoms with Gasteiger partial charge >= 0.3 is 0 Å². The van der Waals surface area contributed by atoms with Crippen molar-refractivity contribution in [3.63, 3.8) is 0 Å². The lowest BCUT2D eigenvalue weighted by Crippen LogP contribution is -2.30. The van der Waals surface area contributed by atoms with E-state index >= 15 is 0 Å². The number of hydrogen-bond acceptors (Lipinski definition) is 4. The largest absolute Gasteiger partial charge is 0.271 e. The fourth-order valence-corrected chi connectivity index (χ4v) is 1.47. The first-order valence-electron chi connectivity index (χ1n) is 4.75. The van der Waals surface area contributed by atoms with Crippen molar-refractivity contribution in [2.75, 3.05) is 0 Å². The summed E-state index contributed by atoms with van der Waals surface area (Å²) in [5, 5.41) is 6.61. The molecule has 0 aliphatic heterocycles. The Bertz CT molecular complexity index is 383. The van der Waals surface area contributed by atoms with Gasteiger partial charge < -0.3 is 0 Å². The second-order valence-corrected chi connectivity index (χ2v) is 3.28. The molecule has 1 unspecified atom stereocenters. The second-order valence-electron chi connectivity index (χ2n) is 3.28. The van der Waals surface area contributed by atoms with Crippen LogP contribution < -0.4 is 11.3 Å². The topological polar surface area (TPSA) is 79.6 Å². The van der Waals surface area contributed by atoms with Crippen LogP contribution in [0.5, 0.6) is 0 Å². The van der Waals surface area contributed by atoms with E-state index in [9.17, 15) is 0 Å². The third-order valence-electron chi connectivity index (χ3n) is 2.25. The second kappa shape index (κ2) is 4.68. The molecule has 5 nitrogen and oxygen atoms in total. The Morgan fingerprint density at radius 2 is 2.13 bits per heavy atom. The number of H-pyrrole nitrogens is 1. The van der Waals surface area contributed by atoms with Crippen LogP contribution in [0, 0.1) is 0 Å². The van der Waals surface area contributed by atoms with Gasteiger partial charge in [0.1, 0.15) is 12.2 Å². The van der Waals surface area contributed by atoms with Crippen molar-refractivity contribution in [1.82, 2.24) is 20.6 Å². The third-order valence-corrected chi connectivity index (χ3v) is 2.25. The molecule has 0 fully saturated rings. The van der Waals surface area contributed by atoms with E-state index < -0.39 is 0 Å². The summed E-state index contributed by atoms with van der Waals surface area (Å²) >= 11 is 0. The normalized spacial score (nSPS) is 12.6. The Labute approximate surface area is 87.7 Å². The lowest BCUT2D eigenvalue weighted by atomic mass is 10.1. The molecule has 1 aromatic heterocycles. The van der Waals surface area contributed by atoms with Crippen LogP contribution in [0.25, 0.3) is 0 Å². The van der Waals surface area contributed by atoms with Crippen LogP contribution in [-0.2, 0) is 6.42 Å². The summed E-state index contributed by atoms with van der Waals surface area (Å²) in [6, 6.07) is 10.1. The zero-order valence-electron chi connectivity index (χ0n) is 8.22. The molecule has 0 saturated carbocycles. The number of aromatic amines is 1. The summed E-state index contributed by atoms with van der Waals surface area (Å²) in [6.45, 7) is 0. The van der Waals surface area contributed by atoms with Crippen molar-refractivity contribution in [3.8, 4) is 0 Å². The maximum atomic E-state index is 5.47. The zero-order chi connectivity index (χ0) is 10.5. The summed E-state index contributed by atoms with van der Waals surface area (Å²) < 4.78 is 0. The van der Waals surface area contributed by atoms with Gasteiger partial charge in [0.15, 0.2) is 0 Å². The highest BCUT2D eigenvalue weighted by Crippen LogP contribution is 2.12. The van der Waals surface area contributed by atoms with Crippen LogP contribution in [0.15, 0.2) is 36.7 Å². The van der Waals surface area contributed by atoms with Crippen molar-refractivity contribution >= 4 is 0 Å². The van der Waals surface area contributed by atoms with Gasteiger partial charge in [-0.05, 0) is 12.0 Å². The van der Waals surface area contributed by atoms with Crippen molar-refractivity contribution in [2.24, 2.45) is 5.84 Å². The summed E-state index contributed by atoms with van der Waals surface area (Å²) in [4.78, 5) is 4.07. The van der Waals surface area contributed by atoms with Gasteiger partial charge in [-0.25, -0.2) is 10.4 Å². The number of nitrogens with two attached hydrogens (primary N) is 1. The number of benzene rings is 1. The number of hydrazine groups is 1. The molecule has 2 aromatic rings. The van der Waals surface area contributed by atoms with Crippen molar-refractivity contribution in [2.45, 2.75) is 12.5 Å². The SMILES string of the molecule is NNC(Cc1ccccc1)c1ncn[nH]1. The molecule has 0 aliphatic rings. The number of rotatable bonds is 4. The summed E-state index contributed by atoms with van der Waals surface area (Å²) in [5.41, 5.74) is 3.92. The first-order valence-corrected chi connectivity index (χ1v) is 4.75. The molecule has 0 amide bonds. The molecule has 78 valence electrons. The van der Waals surface area contributed by atoms with E-state index in [1.54, 1.807) is 0 Å². The molecular formula is C10H13N5. The van der Waals surface area contributed by atoms with E-state index in [-0.39, 0.29) is 6.04 Å². The van der Waals surface area contributed by atoms with Crippen molar-refractivity contribution < 1.29 is 0 Å². The van der Waals surface area contributed by atoms with Crippen LogP contribution >= 0.6 is 0 Å².